The van der Waals surface area contributed by atoms with Gasteiger partial charge in [0.15, 0.2) is 17.3 Å². The van der Waals surface area contributed by atoms with Crippen LogP contribution in [0, 0.1) is 0 Å². The van der Waals surface area contributed by atoms with Crippen molar-refractivity contribution in [2.45, 2.75) is 0 Å². The van der Waals surface area contributed by atoms with Crippen LogP contribution < -0.4 is 44.1 Å². The number of ether oxygens (including phenoxy) is 2. The number of carboxylic acid groups (broad SMARTS) is 1. The van der Waals surface area contributed by atoms with E-state index in [9.17, 15) is 19.8 Å². The fraction of sp³-hybridized carbons (Fsp3) is 0.111. The Morgan fingerprint density at radius 1 is 1.16 bits per heavy atom. The molecule has 0 atom stereocenters. The summed E-state index contributed by atoms with van der Waals surface area (Å²) >= 11 is 0. The predicted molar refractivity (Wildman–Crippen MR) is 85.0 cm³/mol. The molecule has 1 N–H and O–H groups in total. The van der Waals surface area contributed by atoms with Crippen LogP contribution in [0.2, 0.25) is 0 Å². The molecule has 0 bridgehead atoms. The summed E-state index contributed by atoms with van der Waals surface area (Å²) in [5.41, 5.74) is 1.13. The van der Waals surface area contributed by atoms with E-state index >= 15 is 0 Å². The number of phenolic OH excluding ortho intramolecular Hbond substituents is 1. The van der Waals surface area contributed by atoms with Crippen molar-refractivity contribution in [3.05, 3.63) is 59.7 Å². The summed E-state index contributed by atoms with van der Waals surface area (Å²) in [6.45, 7) is -0.546. The molecule has 0 aliphatic heterocycles. The van der Waals surface area contributed by atoms with Gasteiger partial charge in [0, 0.05) is 5.56 Å². The maximum absolute atomic E-state index is 12.1. The van der Waals surface area contributed by atoms with E-state index in [4.69, 9.17) is 9.47 Å². The minimum atomic E-state index is -1.32. The summed E-state index contributed by atoms with van der Waals surface area (Å²) in [7, 11) is 1.44. The molecule has 2 aromatic carbocycles. The number of carbonyl (C=O) groups is 2. The van der Waals surface area contributed by atoms with Crippen molar-refractivity contribution >= 4 is 17.8 Å². The summed E-state index contributed by atoms with van der Waals surface area (Å²) in [6.07, 6.45) is 2.99. The molecule has 0 aliphatic carbocycles. The van der Waals surface area contributed by atoms with Gasteiger partial charge in [-0.15, -0.1) is 0 Å². The van der Waals surface area contributed by atoms with E-state index in [1.165, 1.54) is 43.5 Å². The Bertz CT molecular complexity index is 768. The molecule has 0 aliphatic rings. The molecular weight excluding hydrogens is 335 g/mol. The van der Waals surface area contributed by atoms with Crippen LogP contribution in [0.15, 0.2) is 48.5 Å². The number of benzene rings is 2. The number of hydrogen-bond acceptors (Lipinski definition) is 6. The number of aliphatic carboxylic acids is 1. The maximum atomic E-state index is 12.1. The van der Waals surface area contributed by atoms with Crippen molar-refractivity contribution in [1.29, 1.82) is 0 Å². The second-order valence-corrected chi connectivity index (χ2v) is 4.81. The standard InChI is InChI=1S/C18H16O6.Na/c1-23-17-10-12(3-9-16(17)20)2-8-15(19)13-4-6-14(7-5-13)24-11-18(21)22;/h2-10,20H,11H2,1H3,(H,21,22);/q;+1/p-1. The van der Waals surface area contributed by atoms with Crippen LogP contribution in [0.5, 0.6) is 17.2 Å². The van der Waals surface area contributed by atoms with E-state index in [1.807, 2.05) is 0 Å². The fourth-order valence-electron chi connectivity index (χ4n) is 1.92. The Morgan fingerprint density at radius 2 is 1.84 bits per heavy atom. The van der Waals surface area contributed by atoms with Gasteiger partial charge in [-0.3, -0.25) is 4.79 Å². The zero-order chi connectivity index (χ0) is 17.5. The van der Waals surface area contributed by atoms with Crippen molar-refractivity contribution in [2.75, 3.05) is 13.7 Å². The summed E-state index contributed by atoms with van der Waals surface area (Å²) in [5, 5.41) is 19.8. The zero-order valence-corrected chi connectivity index (χ0v) is 15.9. The quantitative estimate of drug-likeness (QED) is 0.368. The molecule has 0 saturated carbocycles. The van der Waals surface area contributed by atoms with Gasteiger partial charge in [-0.2, -0.15) is 0 Å². The topological polar surface area (TPSA) is 95.9 Å². The van der Waals surface area contributed by atoms with E-state index in [0.29, 0.717) is 22.6 Å². The Hall–Kier alpha value is -2.28. The molecule has 6 nitrogen and oxygen atoms in total. The number of allylic oxidation sites excluding steroid dienone is 1. The van der Waals surface area contributed by atoms with Gasteiger partial charge >= 0.3 is 29.6 Å². The van der Waals surface area contributed by atoms with Crippen LogP contribution in [0.4, 0.5) is 0 Å². The number of carbonyl (C=O) groups excluding carboxylic acids is 2. The molecule has 0 saturated heterocycles. The number of aromatic hydroxyl groups is 1. The molecule has 0 amide bonds. The van der Waals surface area contributed by atoms with E-state index in [0.717, 1.165) is 0 Å². The molecule has 2 rings (SSSR count). The first kappa shape index (κ1) is 20.8. The monoisotopic (exact) mass is 350 g/mol. The normalized spacial score (nSPS) is 10.1. The number of rotatable bonds is 7. The Labute approximate surface area is 167 Å². The molecule has 0 spiro atoms. The van der Waals surface area contributed by atoms with Gasteiger partial charge in [-0.1, -0.05) is 12.1 Å². The van der Waals surface area contributed by atoms with Gasteiger partial charge in [-0.25, -0.2) is 0 Å². The molecule has 0 unspecified atom stereocenters. The summed E-state index contributed by atoms with van der Waals surface area (Å²) < 4.78 is 9.94. The molecule has 0 aromatic heterocycles. The van der Waals surface area contributed by atoms with E-state index in [1.54, 1.807) is 18.2 Å². The van der Waals surface area contributed by atoms with Crippen molar-refractivity contribution in [1.82, 2.24) is 0 Å². The van der Waals surface area contributed by atoms with Gasteiger partial charge in [0.05, 0.1) is 13.1 Å². The number of carboxylic acids is 1. The van der Waals surface area contributed by atoms with Gasteiger partial charge in [0.2, 0.25) is 0 Å². The summed E-state index contributed by atoms with van der Waals surface area (Å²) in [6, 6.07) is 10.8. The SMILES string of the molecule is COc1cc(C=CC(=O)c2ccc(OCC(=O)[O-])cc2)ccc1O.[Na+]. The van der Waals surface area contributed by atoms with Gasteiger partial charge in [0.1, 0.15) is 12.4 Å². The minimum absolute atomic E-state index is 0. The van der Waals surface area contributed by atoms with Crippen LogP contribution in [0.3, 0.4) is 0 Å². The van der Waals surface area contributed by atoms with Crippen molar-refractivity contribution in [3.8, 4) is 17.2 Å². The van der Waals surface area contributed by atoms with Gasteiger partial charge in [0.25, 0.3) is 0 Å². The van der Waals surface area contributed by atoms with Crippen molar-refractivity contribution < 1.29 is 58.8 Å². The van der Waals surface area contributed by atoms with Crippen LogP contribution in [0.1, 0.15) is 15.9 Å². The van der Waals surface area contributed by atoms with Crippen LogP contribution in [-0.2, 0) is 4.79 Å². The van der Waals surface area contributed by atoms with Crippen molar-refractivity contribution in [3.63, 3.8) is 0 Å². The average molecular weight is 350 g/mol. The maximum Gasteiger partial charge on any atom is 1.00 e. The molecule has 25 heavy (non-hydrogen) atoms. The molecule has 2 aromatic rings. The average Bonchev–Trinajstić information content (AvgIpc) is 2.59. The van der Waals surface area contributed by atoms with Crippen LogP contribution in [0.25, 0.3) is 6.08 Å². The third-order valence-corrected chi connectivity index (χ3v) is 3.13. The summed E-state index contributed by atoms with van der Waals surface area (Å²) in [4.78, 5) is 22.4. The third-order valence-electron chi connectivity index (χ3n) is 3.13. The van der Waals surface area contributed by atoms with Gasteiger partial charge in [-0.05, 0) is 48.0 Å². The molecule has 0 radical (unpaired) electrons. The van der Waals surface area contributed by atoms with Crippen LogP contribution >= 0.6 is 0 Å². The third kappa shape index (κ3) is 6.26. The number of hydrogen-bond donors (Lipinski definition) is 1. The Kier molecular flexibility index (Phi) is 8.21. The second kappa shape index (κ2) is 9.88. The largest absolute Gasteiger partial charge is 1.00 e. The predicted octanol–water partition coefficient (Wildman–Crippen LogP) is -1.57. The molecule has 7 heteroatoms. The first-order valence-corrected chi connectivity index (χ1v) is 7.01. The van der Waals surface area contributed by atoms with E-state index in [-0.39, 0.29) is 41.1 Å². The van der Waals surface area contributed by atoms with Gasteiger partial charge < -0.3 is 24.5 Å². The number of ketones is 1. The van der Waals surface area contributed by atoms with E-state index < -0.39 is 12.6 Å². The number of methoxy groups -OCH3 is 1. The number of phenols is 1. The molecule has 0 heterocycles. The van der Waals surface area contributed by atoms with Crippen molar-refractivity contribution in [2.24, 2.45) is 0 Å². The molecule has 0 fully saturated rings. The Morgan fingerprint density at radius 3 is 2.44 bits per heavy atom. The zero-order valence-electron chi connectivity index (χ0n) is 13.9. The minimum Gasteiger partial charge on any atom is -0.546 e. The molecule has 124 valence electrons. The molecular formula is C18H15NaO6. The second-order valence-electron chi connectivity index (χ2n) is 4.81. The first-order valence-electron chi connectivity index (χ1n) is 7.01. The van der Waals surface area contributed by atoms with Crippen LogP contribution in [-0.4, -0.2) is 30.6 Å². The first-order chi connectivity index (χ1) is 11.5. The Balaban J connectivity index is 0.00000312. The summed E-state index contributed by atoms with van der Waals surface area (Å²) in [5.74, 6) is -0.869. The fourth-order valence-corrected chi connectivity index (χ4v) is 1.92. The smallest absolute Gasteiger partial charge is 0.546 e. The van der Waals surface area contributed by atoms with E-state index in [2.05, 4.69) is 0 Å².